The van der Waals surface area contributed by atoms with E-state index in [0.29, 0.717) is 17.3 Å². The van der Waals surface area contributed by atoms with Gasteiger partial charge in [-0.05, 0) is 22.9 Å². The van der Waals surface area contributed by atoms with Crippen molar-refractivity contribution in [3.05, 3.63) is 46.3 Å². The van der Waals surface area contributed by atoms with Crippen molar-refractivity contribution in [3.63, 3.8) is 0 Å². The van der Waals surface area contributed by atoms with Crippen LogP contribution in [0.15, 0.2) is 35.8 Å². The number of thiophene rings is 1. The Bertz CT molecular complexity index is 669. The first-order valence-corrected chi connectivity index (χ1v) is 8.50. The average Bonchev–Trinajstić information content (AvgIpc) is 3.12. The lowest BCUT2D eigenvalue weighted by Gasteiger charge is -2.21. The van der Waals surface area contributed by atoms with Crippen molar-refractivity contribution in [1.29, 1.82) is 0 Å². The first-order valence-electron chi connectivity index (χ1n) is 7.62. The zero-order valence-electron chi connectivity index (χ0n) is 13.9. The van der Waals surface area contributed by atoms with Gasteiger partial charge in [0.25, 0.3) is 5.91 Å². The topological polar surface area (TPSA) is 80.3 Å². The third-order valence-electron chi connectivity index (χ3n) is 3.45. The van der Waals surface area contributed by atoms with Gasteiger partial charge in [0.2, 0.25) is 11.8 Å². The van der Waals surface area contributed by atoms with Crippen LogP contribution in [0.2, 0.25) is 0 Å². The summed E-state index contributed by atoms with van der Waals surface area (Å²) in [5.41, 5.74) is 0.858. The van der Waals surface area contributed by atoms with Crippen molar-refractivity contribution >= 4 is 23.2 Å². The van der Waals surface area contributed by atoms with E-state index in [9.17, 15) is 9.59 Å². The number of amides is 2. The molecular weight excluding hydrogens is 326 g/mol. The molecule has 2 aromatic rings. The zero-order chi connectivity index (χ0) is 17.5. The molecule has 0 bridgehead atoms. The fourth-order valence-corrected chi connectivity index (χ4v) is 2.72. The van der Waals surface area contributed by atoms with Crippen molar-refractivity contribution in [2.45, 2.75) is 26.4 Å². The van der Waals surface area contributed by atoms with Gasteiger partial charge in [0, 0.05) is 18.8 Å². The van der Waals surface area contributed by atoms with Gasteiger partial charge in [-0.2, -0.15) is 0 Å². The summed E-state index contributed by atoms with van der Waals surface area (Å²) in [6, 6.07) is 6.52. The minimum atomic E-state index is -0.592. The Morgan fingerprint density at radius 1 is 1.29 bits per heavy atom. The van der Waals surface area contributed by atoms with Crippen LogP contribution in [0.1, 0.15) is 29.1 Å². The Morgan fingerprint density at radius 3 is 2.62 bits per heavy atom. The van der Waals surface area contributed by atoms with Gasteiger partial charge in [0.05, 0.1) is 12.0 Å². The van der Waals surface area contributed by atoms with E-state index in [0.717, 1.165) is 5.56 Å². The smallest absolute Gasteiger partial charge is 0.262 e. The highest BCUT2D eigenvalue weighted by molar-refractivity contribution is 7.12. The van der Waals surface area contributed by atoms with Gasteiger partial charge in [0.15, 0.2) is 0 Å². The van der Waals surface area contributed by atoms with E-state index in [1.165, 1.54) is 11.3 Å². The molecule has 0 saturated carbocycles. The molecule has 7 heteroatoms. The van der Waals surface area contributed by atoms with Gasteiger partial charge in [0.1, 0.15) is 6.04 Å². The summed E-state index contributed by atoms with van der Waals surface area (Å²) >= 11 is 1.35. The lowest BCUT2D eigenvalue weighted by atomic mass is 10.0. The summed E-state index contributed by atoms with van der Waals surface area (Å²) in [4.78, 5) is 29.3. The van der Waals surface area contributed by atoms with Gasteiger partial charge >= 0.3 is 0 Å². The molecule has 128 valence electrons. The molecule has 0 unspecified atom stereocenters. The molecule has 0 aliphatic rings. The predicted octanol–water partition coefficient (Wildman–Crippen LogP) is 2.22. The van der Waals surface area contributed by atoms with Gasteiger partial charge in [-0.1, -0.05) is 26.0 Å². The van der Waals surface area contributed by atoms with E-state index in [1.807, 2.05) is 25.3 Å². The first kappa shape index (κ1) is 17.9. The predicted molar refractivity (Wildman–Crippen MR) is 93.0 cm³/mol. The fraction of sp³-hybridized carbons (Fsp3) is 0.353. The summed E-state index contributed by atoms with van der Waals surface area (Å²) < 4.78 is 5.00. The summed E-state index contributed by atoms with van der Waals surface area (Å²) in [7, 11) is 1.55. The zero-order valence-corrected chi connectivity index (χ0v) is 14.7. The maximum absolute atomic E-state index is 12.4. The normalized spacial score (nSPS) is 11.8. The summed E-state index contributed by atoms with van der Waals surface area (Å²) in [6.45, 7) is 4.13. The maximum Gasteiger partial charge on any atom is 0.262 e. The van der Waals surface area contributed by atoms with Gasteiger partial charge in [-0.25, -0.2) is 4.98 Å². The highest BCUT2D eigenvalue weighted by Crippen LogP contribution is 2.11. The minimum Gasteiger partial charge on any atom is -0.481 e. The SMILES string of the molecule is COc1ccc(CNC(=O)[C@@H](NC(=O)c2cccs2)C(C)C)cn1. The molecule has 0 saturated heterocycles. The molecule has 0 aliphatic carbocycles. The lowest BCUT2D eigenvalue weighted by molar-refractivity contribution is -0.124. The number of methoxy groups -OCH3 is 1. The Morgan fingerprint density at radius 2 is 2.08 bits per heavy atom. The number of hydrogen-bond donors (Lipinski definition) is 2. The molecule has 2 N–H and O–H groups in total. The summed E-state index contributed by atoms with van der Waals surface area (Å²) in [5.74, 6) is 0.0481. The monoisotopic (exact) mass is 347 g/mol. The molecule has 2 rings (SSSR count). The third kappa shape index (κ3) is 4.79. The highest BCUT2D eigenvalue weighted by Gasteiger charge is 2.24. The Labute approximate surface area is 145 Å². The molecule has 0 aliphatic heterocycles. The second kappa shape index (κ2) is 8.44. The van der Waals surface area contributed by atoms with Crippen LogP contribution < -0.4 is 15.4 Å². The Balaban J connectivity index is 1.94. The number of nitrogens with zero attached hydrogens (tertiary/aromatic N) is 1. The van der Waals surface area contributed by atoms with Crippen molar-refractivity contribution < 1.29 is 14.3 Å². The molecule has 2 amide bonds. The molecule has 6 nitrogen and oxygen atoms in total. The van der Waals surface area contributed by atoms with Gasteiger partial charge in [-0.3, -0.25) is 9.59 Å². The number of carbonyl (C=O) groups is 2. The fourth-order valence-electron chi connectivity index (χ4n) is 2.09. The number of pyridine rings is 1. The molecule has 0 aromatic carbocycles. The van der Waals surface area contributed by atoms with Crippen LogP contribution in [0.25, 0.3) is 0 Å². The number of ether oxygens (including phenoxy) is 1. The largest absolute Gasteiger partial charge is 0.481 e. The van der Waals surface area contributed by atoms with Crippen molar-refractivity contribution in [2.24, 2.45) is 5.92 Å². The van der Waals surface area contributed by atoms with Crippen LogP contribution in [-0.2, 0) is 11.3 Å². The van der Waals surface area contributed by atoms with Crippen molar-refractivity contribution in [3.8, 4) is 5.88 Å². The van der Waals surface area contributed by atoms with Crippen LogP contribution in [0.5, 0.6) is 5.88 Å². The van der Waals surface area contributed by atoms with E-state index in [2.05, 4.69) is 15.6 Å². The van der Waals surface area contributed by atoms with Crippen LogP contribution in [0.3, 0.4) is 0 Å². The van der Waals surface area contributed by atoms with Crippen LogP contribution in [-0.4, -0.2) is 29.9 Å². The van der Waals surface area contributed by atoms with E-state index in [1.54, 1.807) is 31.5 Å². The van der Waals surface area contributed by atoms with Crippen LogP contribution in [0, 0.1) is 5.92 Å². The first-order chi connectivity index (χ1) is 11.5. The second-order valence-electron chi connectivity index (χ2n) is 5.60. The average molecular weight is 347 g/mol. The summed E-state index contributed by atoms with van der Waals surface area (Å²) in [5, 5.41) is 7.46. The lowest BCUT2D eigenvalue weighted by Crippen LogP contribution is -2.49. The third-order valence-corrected chi connectivity index (χ3v) is 4.32. The minimum absolute atomic E-state index is 0.0251. The molecule has 2 aromatic heterocycles. The van der Waals surface area contributed by atoms with Crippen molar-refractivity contribution in [2.75, 3.05) is 7.11 Å². The molecule has 0 radical (unpaired) electrons. The number of carbonyl (C=O) groups excluding carboxylic acids is 2. The molecular formula is C17H21N3O3S. The van der Waals surface area contributed by atoms with Crippen LogP contribution in [0.4, 0.5) is 0 Å². The number of nitrogens with one attached hydrogen (secondary N) is 2. The van der Waals surface area contributed by atoms with Gasteiger partial charge in [-0.15, -0.1) is 11.3 Å². The highest BCUT2D eigenvalue weighted by atomic mass is 32.1. The molecule has 2 heterocycles. The quantitative estimate of drug-likeness (QED) is 0.805. The molecule has 0 spiro atoms. The molecule has 1 atom stereocenters. The molecule has 0 fully saturated rings. The van der Waals surface area contributed by atoms with E-state index in [-0.39, 0.29) is 17.7 Å². The van der Waals surface area contributed by atoms with E-state index in [4.69, 9.17) is 4.74 Å². The summed E-state index contributed by atoms with van der Waals surface area (Å²) in [6.07, 6.45) is 1.65. The van der Waals surface area contributed by atoms with E-state index >= 15 is 0 Å². The number of hydrogen-bond acceptors (Lipinski definition) is 5. The Hall–Kier alpha value is -2.41. The van der Waals surface area contributed by atoms with Crippen molar-refractivity contribution in [1.82, 2.24) is 15.6 Å². The number of rotatable bonds is 7. The van der Waals surface area contributed by atoms with Gasteiger partial charge < -0.3 is 15.4 Å². The standard InChI is InChI=1S/C17H21N3O3S/c1-11(2)15(20-16(21)13-5-4-8-24-13)17(22)19-10-12-6-7-14(23-3)18-9-12/h4-9,11,15H,10H2,1-3H3,(H,19,22)(H,20,21)/t15-/m0/s1. The second-order valence-corrected chi connectivity index (χ2v) is 6.55. The Kier molecular flexibility index (Phi) is 6.31. The molecule has 24 heavy (non-hydrogen) atoms. The van der Waals surface area contributed by atoms with E-state index < -0.39 is 6.04 Å². The maximum atomic E-state index is 12.4. The number of aromatic nitrogens is 1. The van der Waals surface area contributed by atoms with Crippen LogP contribution >= 0.6 is 11.3 Å².